The minimum Gasteiger partial charge on any atom is -0.368 e. The molecule has 2 N–H and O–H groups in total. The number of aromatic nitrogens is 3. The summed E-state index contributed by atoms with van der Waals surface area (Å²) in [5, 5.41) is 14.4. The highest BCUT2D eigenvalue weighted by Gasteiger charge is 2.41. The third-order valence-electron chi connectivity index (χ3n) is 5.89. The van der Waals surface area contributed by atoms with Crippen molar-refractivity contribution in [1.29, 1.82) is 0 Å². The van der Waals surface area contributed by atoms with Gasteiger partial charge in [0.15, 0.2) is 0 Å². The highest BCUT2D eigenvalue weighted by molar-refractivity contribution is 5.95. The first-order valence-corrected chi connectivity index (χ1v) is 10.8. The molecule has 0 radical (unpaired) electrons. The highest BCUT2D eigenvalue weighted by atomic mass is 19.1. The number of pyridine rings is 1. The van der Waals surface area contributed by atoms with Gasteiger partial charge in [0.05, 0.1) is 17.0 Å². The fourth-order valence-corrected chi connectivity index (χ4v) is 3.91. The molecule has 0 spiro atoms. The number of carbonyl (C=O) groups is 1. The summed E-state index contributed by atoms with van der Waals surface area (Å²) < 4.78 is 28.4. The Morgan fingerprint density at radius 3 is 2.59 bits per heavy atom. The lowest BCUT2D eigenvalue weighted by Crippen LogP contribution is -2.42. The van der Waals surface area contributed by atoms with E-state index in [9.17, 15) is 13.6 Å². The number of hydrogen-bond acceptors (Lipinski definition) is 5. The van der Waals surface area contributed by atoms with Gasteiger partial charge in [-0.15, -0.1) is 10.2 Å². The second kappa shape index (κ2) is 9.38. The quantitative estimate of drug-likeness (QED) is 0.543. The molecule has 0 saturated heterocycles. The second-order valence-corrected chi connectivity index (χ2v) is 8.08. The minimum atomic E-state index is -0.582. The molecule has 1 aliphatic carbocycles. The van der Waals surface area contributed by atoms with Crippen LogP contribution in [0.25, 0.3) is 11.3 Å². The van der Waals surface area contributed by atoms with Crippen LogP contribution in [-0.4, -0.2) is 34.2 Å². The molecule has 0 atom stereocenters. The smallest absolute Gasteiger partial charge is 0.254 e. The van der Waals surface area contributed by atoms with Crippen LogP contribution in [0.5, 0.6) is 0 Å². The summed E-state index contributed by atoms with van der Waals surface area (Å²) in [6.45, 7) is 2.91. The summed E-state index contributed by atoms with van der Waals surface area (Å²) in [7, 11) is 0. The molecular weight excluding hydrogens is 412 g/mol. The molecule has 1 aliphatic rings. The van der Waals surface area contributed by atoms with Gasteiger partial charge in [0.1, 0.15) is 17.5 Å². The van der Waals surface area contributed by atoms with E-state index in [-0.39, 0.29) is 16.8 Å². The number of anilines is 1. The maximum Gasteiger partial charge on any atom is 0.254 e. The minimum absolute atomic E-state index is 0.0238. The molecule has 1 amide bonds. The van der Waals surface area contributed by atoms with E-state index in [4.69, 9.17) is 0 Å². The van der Waals surface area contributed by atoms with Crippen LogP contribution < -0.4 is 10.6 Å². The van der Waals surface area contributed by atoms with Crippen LogP contribution in [0.1, 0.15) is 48.7 Å². The highest BCUT2D eigenvalue weighted by Crippen LogP contribution is 2.43. The molecule has 6 nitrogen and oxygen atoms in total. The SMILES string of the molecule is CCCNC(=O)c1cc(-c2ccc(NCC3(c4ncccc4F)CCC3)nn2)ccc1F. The lowest BCUT2D eigenvalue weighted by Gasteiger charge is -2.41. The van der Waals surface area contributed by atoms with E-state index in [1.54, 1.807) is 30.5 Å². The first-order valence-electron chi connectivity index (χ1n) is 10.8. The zero-order valence-corrected chi connectivity index (χ0v) is 17.9. The Morgan fingerprint density at radius 1 is 1.09 bits per heavy atom. The van der Waals surface area contributed by atoms with Crippen LogP contribution in [0.4, 0.5) is 14.6 Å². The van der Waals surface area contributed by atoms with Crippen LogP contribution in [0.2, 0.25) is 0 Å². The van der Waals surface area contributed by atoms with Crippen molar-refractivity contribution in [2.24, 2.45) is 0 Å². The largest absolute Gasteiger partial charge is 0.368 e. The van der Waals surface area contributed by atoms with Gasteiger partial charge in [-0.3, -0.25) is 9.78 Å². The predicted molar refractivity (Wildman–Crippen MR) is 118 cm³/mol. The summed E-state index contributed by atoms with van der Waals surface area (Å²) in [5.74, 6) is -0.768. The Kier molecular flexibility index (Phi) is 6.39. The Balaban J connectivity index is 1.47. The van der Waals surface area contributed by atoms with Crippen molar-refractivity contribution in [2.45, 2.75) is 38.0 Å². The average Bonchev–Trinajstić information content (AvgIpc) is 2.78. The van der Waals surface area contributed by atoms with Crippen molar-refractivity contribution in [3.8, 4) is 11.3 Å². The molecule has 0 unspecified atom stereocenters. The van der Waals surface area contributed by atoms with Crippen molar-refractivity contribution < 1.29 is 13.6 Å². The lowest BCUT2D eigenvalue weighted by molar-refractivity contribution is 0.0949. The number of nitrogens with one attached hydrogen (secondary N) is 2. The summed E-state index contributed by atoms with van der Waals surface area (Å²) in [5.41, 5.74) is 1.24. The van der Waals surface area contributed by atoms with Crippen LogP contribution in [0.3, 0.4) is 0 Å². The van der Waals surface area contributed by atoms with E-state index in [1.807, 2.05) is 6.92 Å². The van der Waals surface area contributed by atoms with Gasteiger partial charge in [-0.1, -0.05) is 13.3 Å². The van der Waals surface area contributed by atoms with Crippen molar-refractivity contribution in [1.82, 2.24) is 20.5 Å². The van der Waals surface area contributed by atoms with Gasteiger partial charge in [-0.2, -0.15) is 0 Å². The molecule has 1 saturated carbocycles. The maximum absolute atomic E-state index is 14.3. The van der Waals surface area contributed by atoms with Gasteiger partial charge in [0, 0.05) is 30.3 Å². The van der Waals surface area contributed by atoms with Crippen molar-refractivity contribution in [3.05, 3.63) is 71.6 Å². The number of amides is 1. The molecular formula is C24H25F2N5O. The summed E-state index contributed by atoms with van der Waals surface area (Å²) in [6, 6.07) is 10.9. The normalized spacial score (nSPS) is 14.5. The van der Waals surface area contributed by atoms with Crippen LogP contribution in [-0.2, 0) is 5.41 Å². The number of halogens is 2. The Bertz CT molecular complexity index is 1100. The Morgan fingerprint density at radius 2 is 1.94 bits per heavy atom. The zero-order valence-electron chi connectivity index (χ0n) is 17.9. The molecule has 1 fully saturated rings. The summed E-state index contributed by atoms with van der Waals surface area (Å²) >= 11 is 0. The maximum atomic E-state index is 14.3. The molecule has 2 heterocycles. The van der Waals surface area contributed by atoms with E-state index < -0.39 is 11.7 Å². The van der Waals surface area contributed by atoms with E-state index in [1.165, 1.54) is 18.2 Å². The van der Waals surface area contributed by atoms with E-state index >= 15 is 0 Å². The van der Waals surface area contributed by atoms with Crippen LogP contribution in [0.15, 0.2) is 48.7 Å². The fraction of sp³-hybridized carbons (Fsp3) is 0.333. The molecule has 4 rings (SSSR count). The zero-order chi connectivity index (χ0) is 22.6. The third-order valence-corrected chi connectivity index (χ3v) is 5.89. The van der Waals surface area contributed by atoms with Crippen LogP contribution >= 0.6 is 0 Å². The number of hydrogen-bond donors (Lipinski definition) is 2. The molecule has 0 bridgehead atoms. The van der Waals surface area contributed by atoms with Crippen molar-refractivity contribution in [2.75, 3.05) is 18.4 Å². The van der Waals surface area contributed by atoms with Crippen LogP contribution in [0, 0.1) is 11.6 Å². The second-order valence-electron chi connectivity index (χ2n) is 8.08. The molecule has 166 valence electrons. The number of carbonyl (C=O) groups excluding carboxylic acids is 1. The van der Waals surface area contributed by atoms with Gasteiger partial charge in [0.25, 0.3) is 5.91 Å². The standard InChI is InChI=1S/C24H25F2N5O/c1-2-12-28-23(32)17-14-16(6-7-18(17)25)20-8-9-21(31-30-20)29-15-24(10-4-11-24)22-19(26)5-3-13-27-22/h3,5-9,13-14H,2,4,10-12,15H2,1H3,(H,28,32)(H,29,31). The first kappa shape index (κ1) is 21.8. The van der Waals surface area contributed by atoms with E-state index in [0.717, 1.165) is 25.7 Å². The number of nitrogens with zero attached hydrogens (tertiary/aromatic N) is 3. The molecule has 1 aromatic carbocycles. The fourth-order valence-electron chi connectivity index (χ4n) is 3.91. The van der Waals surface area contributed by atoms with E-state index in [0.29, 0.717) is 35.9 Å². The molecule has 8 heteroatoms. The van der Waals surface area contributed by atoms with Gasteiger partial charge in [-0.25, -0.2) is 8.78 Å². The van der Waals surface area contributed by atoms with Gasteiger partial charge >= 0.3 is 0 Å². The van der Waals surface area contributed by atoms with Gasteiger partial charge < -0.3 is 10.6 Å². The summed E-state index contributed by atoms with van der Waals surface area (Å²) in [6.07, 6.45) is 5.13. The first-order chi connectivity index (χ1) is 15.5. The van der Waals surface area contributed by atoms with E-state index in [2.05, 4.69) is 25.8 Å². The summed E-state index contributed by atoms with van der Waals surface area (Å²) in [4.78, 5) is 16.5. The predicted octanol–water partition coefficient (Wildman–Crippen LogP) is 4.49. The molecule has 2 aromatic heterocycles. The molecule has 32 heavy (non-hydrogen) atoms. The molecule has 3 aromatic rings. The Hall–Kier alpha value is -3.42. The average molecular weight is 437 g/mol. The topological polar surface area (TPSA) is 79.8 Å². The Labute approximate surface area is 185 Å². The van der Waals surface area contributed by atoms with Gasteiger partial charge in [-0.05, 0) is 61.7 Å². The van der Waals surface area contributed by atoms with Crippen molar-refractivity contribution in [3.63, 3.8) is 0 Å². The van der Waals surface area contributed by atoms with Crippen molar-refractivity contribution >= 4 is 11.7 Å². The molecule has 0 aliphatic heterocycles. The number of rotatable bonds is 8. The third kappa shape index (κ3) is 4.44. The number of benzene rings is 1. The lowest BCUT2D eigenvalue weighted by atomic mass is 9.66. The monoisotopic (exact) mass is 437 g/mol. The van der Waals surface area contributed by atoms with Gasteiger partial charge in [0.2, 0.25) is 0 Å².